The van der Waals surface area contributed by atoms with E-state index in [0.29, 0.717) is 43.4 Å². The molecule has 0 aromatic heterocycles. The monoisotopic (exact) mass is 571 g/mol. The van der Waals surface area contributed by atoms with Gasteiger partial charge in [-0.1, -0.05) is 43.5 Å². The van der Waals surface area contributed by atoms with Crippen LogP contribution in [0.3, 0.4) is 0 Å². The van der Waals surface area contributed by atoms with Crippen molar-refractivity contribution in [1.82, 2.24) is 10.2 Å². The van der Waals surface area contributed by atoms with Crippen LogP contribution >= 0.6 is 0 Å². The Hall–Kier alpha value is -3.27. The summed E-state index contributed by atoms with van der Waals surface area (Å²) in [4.78, 5) is 28.5. The number of ether oxygens (including phenoxy) is 2. The Morgan fingerprint density at radius 2 is 1.73 bits per heavy atom. The summed E-state index contributed by atoms with van der Waals surface area (Å²) in [6.07, 6.45) is 6.86. The first-order valence-electron chi connectivity index (χ1n) is 14.1. The Bertz CT molecular complexity index is 1290. The first-order chi connectivity index (χ1) is 19.1. The summed E-state index contributed by atoms with van der Waals surface area (Å²) in [6.45, 7) is 5.02. The van der Waals surface area contributed by atoms with Crippen molar-refractivity contribution in [1.29, 1.82) is 0 Å². The second kappa shape index (κ2) is 13.4. The highest BCUT2D eigenvalue weighted by molar-refractivity contribution is 7.92. The molecule has 2 aliphatic rings. The quantitative estimate of drug-likeness (QED) is 0.434. The summed E-state index contributed by atoms with van der Waals surface area (Å²) >= 11 is 0. The van der Waals surface area contributed by atoms with Crippen LogP contribution in [0.1, 0.15) is 63.0 Å². The number of hydrogen-bond donors (Lipinski definition) is 1. The van der Waals surface area contributed by atoms with Gasteiger partial charge in [-0.2, -0.15) is 0 Å². The van der Waals surface area contributed by atoms with Gasteiger partial charge >= 0.3 is 0 Å². The SMILES string of the molecule is Cc1ccccc1CN(C(=O)CCCN(c1ccc2c(c1)OCCO2)S(C)(=O)=O)C(C)C(=O)NC1CCCCC1. The van der Waals surface area contributed by atoms with Crippen LogP contribution in [0.15, 0.2) is 42.5 Å². The van der Waals surface area contributed by atoms with Crippen LogP contribution in [0.25, 0.3) is 0 Å². The molecule has 9 nitrogen and oxygen atoms in total. The van der Waals surface area contributed by atoms with Crippen LogP contribution in [-0.4, -0.2) is 63.2 Å². The van der Waals surface area contributed by atoms with Crippen LogP contribution in [-0.2, 0) is 26.2 Å². The molecule has 2 aromatic carbocycles. The van der Waals surface area contributed by atoms with Gasteiger partial charge in [0.05, 0.1) is 11.9 Å². The highest BCUT2D eigenvalue weighted by Crippen LogP contribution is 2.34. The highest BCUT2D eigenvalue weighted by Gasteiger charge is 2.29. The molecule has 0 radical (unpaired) electrons. The summed E-state index contributed by atoms with van der Waals surface area (Å²) in [7, 11) is -3.62. The lowest BCUT2D eigenvalue weighted by atomic mass is 9.95. The molecule has 1 atom stereocenters. The minimum Gasteiger partial charge on any atom is -0.486 e. The summed E-state index contributed by atoms with van der Waals surface area (Å²) < 4.78 is 37.8. The summed E-state index contributed by atoms with van der Waals surface area (Å²) in [5.74, 6) is 0.731. The van der Waals surface area contributed by atoms with Crippen molar-refractivity contribution < 1.29 is 27.5 Å². The lowest BCUT2D eigenvalue weighted by Crippen LogP contribution is -2.50. The molecule has 1 unspecified atom stereocenters. The Kier molecular flexibility index (Phi) is 9.95. The summed E-state index contributed by atoms with van der Waals surface area (Å²) in [5, 5.41) is 3.15. The Balaban J connectivity index is 1.46. The standard InChI is InChI=1S/C30H41N3O6S/c1-22-10-7-8-11-24(22)21-32(23(2)30(35)31-25-12-5-4-6-13-25)29(34)14-9-17-33(40(3,36)37)26-15-16-27-28(20-26)39-19-18-38-27/h7-8,10-11,15-16,20,23,25H,4-6,9,12-14,17-19,21H2,1-3H3,(H,31,35). The van der Waals surface area contributed by atoms with Crippen molar-refractivity contribution >= 4 is 27.5 Å². The number of sulfonamides is 1. The van der Waals surface area contributed by atoms with Gasteiger partial charge in [0.25, 0.3) is 0 Å². The Labute approximate surface area is 237 Å². The average molecular weight is 572 g/mol. The predicted molar refractivity (Wildman–Crippen MR) is 155 cm³/mol. The maximum Gasteiger partial charge on any atom is 0.242 e. The second-order valence-electron chi connectivity index (χ2n) is 10.7. The number of carbonyl (C=O) groups excluding carboxylic acids is 2. The van der Waals surface area contributed by atoms with E-state index >= 15 is 0 Å². The molecular weight excluding hydrogens is 530 g/mol. The fraction of sp³-hybridized carbons (Fsp3) is 0.533. The van der Waals surface area contributed by atoms with Crippen molar-refractivity contribution in [2.45, 2.75) is 77.4 Å². The summed E-state index contributed by atoms with van der Waals surface area (Å²) in [6, 6.07) is 12.3. The molecule has 1 aliphatic heterocycles. The molecule has 1 aliphatic carbocycles. The van der Waals surface area contributed by atoms with Gasteiger partial charge < -0.3 is 19.7 Å². The third-order valence-electron chi connectivity index (χ3n) is 7.69. The van der Waals surface area contributed by atoms with E-state index in [1.165, 1.54) is 10.7 Å². The summed E-state index contributed by atoms with van der Waals surface area (Å²) in [5.41, 5.74) is 2.47. The van der Waals surface area contributed by atoms with Gasteiger partial charge in [-0.05, 0) is 56.4 Å². The Morgan fingerprint density at radius 3 is 2.42 bits per heavy atom. The normalized spacial score (nSPS) is 16.2. The van der Waals surface area contributed by atoms with Crippen molar-refractivity contribution in [3.05, 3.63) is 53.6 Å². The minimum atomic E-state index is -3.62. The molecule has 4 rings (SSSR count). The van der Waals surface area contributed by atoms with E-state index in [-0.39, 0.29) is 30.8 Å². The van der Waals surface area contributed by atoms with Crippen LogP contribution < -0.4 is 19.1 Å². The third kappa shape index (κ3) is 7.68. The largest absolute Gasteiger partial charge is 0.486 e. The fourth-order valence-corrected chi connectivity index (χ4v) is 6.27. The van der Waals surface area contributed by atoms with Gasteiger partial charge in [0.15, 0.2) is 11.5 Å². The van der Waals surface area contributed by atoms with Crippen LogP contribution in [0.4, 0.5) is 5.69 Å². The van der Waals surface area contributed by atoms with E-state index in [2.05, 4.69) is 5.32 Å². The first-order valence-corrected chi connectivity index (χ1v) is 16.0. The van der Waals surface area contributed by atoms with Crippen LogP contribution in [0.2, 0.25) is 0 Å². The maximum absolute atomic E-state index is 13.6. The van der Waals surface area contributed by atoms with Gasteiger partial charge in [-0.3, -0.25) is 13.9 Å². The topological polar surface area (TPSA) is 105 Å². The molecular formula is C30H41N3O6S. The van der Waals surface area contributed by atoms with Gasteiger partial charge in [-0.15, -0.1) is 0 Å². The van der Waals surface area contributed by atoms with Crippen LogP contribution in [0.5, 0.6) is 11.5 Å². The molecule has 218 valence electrons. The molecule has 1 saturated carbocycles. The highest BCUT2D eigenvalue weighted by atomic mass is 32.2. The second-order valence-corrected chi connectivity index (χ2v) is 12.6. The zero-order chi connectivity index (χ0) is 28.7. The number of nitrogens with one attached hydrogen (secondary N) is 1. The number of amides is 2. The number of benzene rings is 2. The molecule has 0 saturated heterocycles. The zero-order valence-corrected chi connectivity index (χ0v) is 24.5. The number of anilines is 1. The van der Waals surface area contributed by atoms with Crippen LogP contribution in [0, 0.1) is 6.92 Å². The van der Waals surface area contributed by atoms with Crippen molar-refractivity contribution in [3.63, 3.8) is 0 Å². The molecule has 1 fully saturated rings. The van der Waals surface area contributed by atoms with E-state index in [9.17, 15) is 18.0 Å². The number of fused-ring (bicyclic) bond motifs is 1. The number of rotatable bonds is 11. The number of carbonyl (C=O) groups is 2. The molecule has 0 bridgehead atoms. The number of aryl methyl sites for hydroxylation is 1. The predicted octanol–water partition coefficient (Wildman–Crippen LogP) is 4.18. The zero-order valence-electron chi connectivity index (χ0n) is 23.7. The lowest BCUT2D eigenvalue weighted by molar-refractivity contribution is -0.141. The van der Waals surface area contributed by atoms with Gasteiger partial charge in [0.1, 0.15) is 19.3 Å². The molecule has 2 aromatic rings. The number of hydrogen-bond acceptors (Lipinski definition) is 6. The molecule has 0 spiro atoms. The van der Waals surface area contributed by atoms with Gasteiger partial charge in [-0.25, -0.2) is 8.42 Å². The first kappa shape index (κ1) is 29.7. The molecule has 40 heavy (non-hydrogen) atoms. The van der Waals surface area contributed by atoms with E-state index < -0.39 is 16.1 Å². The molecule has 2 amide bonds. The third-order valence-corrected chi connectivity index (χ3v) is 8.88. The number of nitrogens with zero attached hydrogens (tertiary/aromatic N) is 2. The van der Waals surface area contributed by atoms with Crippen molar-refractivity contribution in [3.8, 4) is 11.5 Å². The van der Waals surface area contributed by atoms with E-state index in [4.69, 9.17) is 9.47 Å². The maximum atomic E-state index is 13.6. The van der Waals surface area contributed by atoms with Crippen molar-refractivity contribution in [2.75, 3.05) is 30.3 Å². The molecule has 10 heteroatoms. The fourth-order valence-electron chi connectivity index (χ4n) is 5.31. The van der Waals surface area contributed by atoms with Gasteiger partial charge in [0, 0.05) is 31.6 Å². The average Bonchev–Trinajstić information content (AvgIpc) is 2.94. The minimum absolute atomic E-state index is 0.101. The smallest absolute Gasteiger partial charge is 0.242 e. The van der Waals surface area contributed by atoms with Gasteiger partial charge in [0.2, 0.25) is 21.8 Å². The van der Waals surface area contributed by atoms with E-state index in [0.717, 1.165) is 43.1 Å². The molecule has 1 N–H and O–H groups in total. The van der Waals surface area contributed by atoms with Crippen molar-refractivity contribution in [2.24, 2.45) is 0 Å². The van der Waals surface area contributed by atoms with E-state index in [1.807, 2.05) is 31.2 Å². The lowest BCUT2D eigenvalue weighted by Gasteiger charge is -2.32. The molecule has 1 heterocycles. The Morgan fingerprint density at radius 1 is 1.02 bits per heavy atom. The van der Waals surface area contributed by atoms with E-state index in [1.54, 1.807) is 30.0 Å².